The molecule has 0 amide bonds. The highest BCUT2D eigenvalue weighted by Gasteiger charge is 2.07. The second-order valence-corrected chi connectivity index (χ2v) is 4.62. The van der Waals surface area contributed by atoms with Crippen molar-refractivity contribution in [1.29, 1.82) is 0 Å². The van der Waals surface area contributed by atoms with E-state index in [0.29, 0.717) is 16.6 Å². The Labute approximate surface area is 116 Å². The fourth-order valence-corrected chi connectivity index (χ4v) is 2.07. The minimum absolute atomic E-state index is 0.313. The zero-order chi connectivity index (χ0) is 13.0. The first-order chi connectivity index (χ1) is 8.70. The molecule has 0 N–H and O–H groups in total. The second kappa shape index (κ2) is 6.03. The molecule has 2 aromatic rings. The van der Waals surface area contributed by atoms with Crippen molar-refractivity contribution in [1.82, 2.24) is 9.97 Å². The van der Waals surface area contributed by atoms with Crippen molar-refractivity contribution in [2.75, 3.05) is 11.9 Å². The van der Waals surface area contributed by atoms with Gasteiger partial charge in [0.1, 0.15) is 5.82 Å². The van der Waals surface area contributed by atoms with Crippen molar-refractivity contribution in [2.24, 2.45) is 0 Å². The average molecular weight is 282 g/mol. The quantitative estimate of drug-likeness (QED) is 0.804. The highest BCUT2D eigenvalue weighted by atomic mass is 35.5. The van der Waals surface area contributed by atoms with Gasteiger partial charge < -0.3 is 4.90 Å². The zero-order valence-electron chi connectivity index (χ0n) is 9.98. The standard InChI is InChI=1S/C13H13Cl2N3/c1-18(9-10-3-2-6-16-8-10)13-5-4-11(15)12(7-14)17-13/h2-6,8H,7,9H2,1H3. The maximum absolute atomic E-state index is 5.99. The van der Waals surface area contributed by atoms with Crippen molar-refractivity contribution in [3.63, 3.8) is 0 Å². The molecule has 0 radical (unpaired) electrons. The Morgan fingerprint density at radius 3 is 2.78 bits per heavy atom. The van der Waals surface area contributed by atoms with Crippen LogP contribution in [0.5, 0.6) is 0 Å². The van der Waals surface area contributed by atoms with E-state index in [0.717, 1.165) is 17.9 Å². The second-order valence-electron chi connectivity index (χ2n) is 3.95. The lowest BCUT2D eigenvalue weighted by Crippen LogP contribution is -2.18. The molecule has 0 saturated carbocycles. The fourth-order valence-electron chi connectivity index (χ4n) is 1.63. The maximum Gasteiger partial charge on any atom is 0.129 e. The lowest BCUT2D eigenvalue weighted by Gasteiger charge is -2.18. The summed E-state index contributed by atoms with van der Waals surface area (Å²) < 4.78 is 0. The molecule has 0 atom stereocenters. The van der Waals surface area contributed by atoms with E-state index in [1.165, 1.54) is 0 Å². The number of anilines is 1. The zero-order valence-corrected chi connectivity index (χ0v) is 11.5. The molecular formula is C13H13Cl2N3. The Kier molecular flexibility index (Phi) is 4.39. The average Bonchev–Trinajstić information content (AvgIpc) is 2.40. The fraction of sp³-hybridized carbons (Fsp3) is 0.231. The van der Waals surface area contributed by atoms with E-state index in [1.807, 2.05) is 42.4 Å². The van der Waals surface area contributed by atoms with Gasteiger partial charge in [0.2, 0.25) is 0 Å². The van der Waals surface area contributed by atoms with Crippen LogP contribution in [0.4, 0.5) is 5.82 Å². The number of rotatable bonds is 4. The van der Waals surface area contributed by atoms with E-state index in [-0.39, 0.29) is 0 Å². The highest BCUT2D eigenvalue weighted by Crippen LogP contribution is 2.20. The minimum Gasteiger partial charge on any atom is -0.355 e. The van der Waals surface area contributed by atoms with E-state index < -0.39 is 0 Å². The summed E-state index contributed by atoms with van der Waals surface area (Å²) in [6.45, 7) is 0.740. The van der Waals surface area contributed by atoms with Crippen LogP contribution in [0, 0.1) is 0 Å². The molecule has 94 valence electrons. The first-order valence-corrected chi connectivity index (χ1v) is 6.43. The topological polar surface area (TPSA) is 29.0 Å². The Balaban J connectivity index is 2.16. The van der Waals surface area contributed by atoms with Gasteiger partial charge in [0.25, 0.3) is 0 Å². The van der Waals surface area contributed by atoms with Gasteiger partial charge in [0.05, 0.1) is 16.6 Å². The number of pyridine rings is 2. The van der Waals surface area contributed by atoms with E-state index in [9.17, 15) is 0 Å². The van der Waals surface area contributed by atoms with Gasteiger partial charge in [-0.2, -0.15) is 0 Å². The third-order valence-corrected chi connectivity index (χ3v) is 3.16. The SMILES string of the molecule is CN(Cc1cccnc1)c1ccc(Cl)c(CCl)n1. The van der Waals surface area contributed by atoms with E-state index in [2.05, 4.69) is 9.97 Å². The molecule has 0 saturated heterocycles. The molecule has 2 heterocycles. The molecule has 0 bridgehead atoms. The largest absolute Gasteiger partial charge is 0.355 e. The van der Waals surface area contributed by atoms with E-state index >= 15 is 0 Å². The van der Waals surface area contributed by atoms with Crippen molar-refractivity contribution >= 4 is 29.0 Å². The Bertz CT molecular complexity index is 517. The molecule has 3 nitrogen and oxygen atoms in total. The third-order valence-electron chi connectivity index (χ3n) is 2.56. The van der Waals surface area contributed by atoms with Crippen molar-refractivity contribution in [2.45, 2.75) is 12.4 Å². The predicted octanol–water partition coefficient (Wildman–Crippen LogP) is 3.51. The number of halogens is 2. The smallest absolute Gasteiger partial charge is 0.129 e. The molecular weight excluding hydrogens is 269 g/mol. The molecule has 2 aromatic heterocycles. The lowest BCUT2D eigenvalue weighted by atomic mass is 10.2. The summed E-state index contributed by atoms with van der Waals surface area (Å²) in [5.74, 6) is 1.16. The Hall–Kier alpha value is -1.32. The predicted molar refractivity (Wildman–Crippen MR) is 75.1 cm³/mol. The van der Waals surface area contributed by atoms with Crippen molar-refractivity contribution < 1.29 is 0 Å². The third kappa shape index (κ3) is 3.12. The number of hydrogen-bond acceptors (Lipinski definition) is 3. The van der Waals surface area contributed by atoms with E-state index in [4.69, 9.17) is 23.2 Å². The van der Waals surface area contributed by atoms with Crippen LogP contribution < -0.4 is 4.90 Å². The van der Waals surface area contributed by atoms with Crippen molar-refractivity contribution in [3.05, 3.63) is 52.9 Å². The van der Waals surface area contributed by atoms with Crippen LogP contribution in [0.1, 0.15) is 11.3 Å². The number of aromatic nitrogens is 2. The summed E-state index contributed by atoms with van der Waals surface area (Å²) in [5, 5.41) is 0.600. The summed E-state index contributed by atoms with van der Waals surface area (Å²) in [7, 11) is 1.97. The first kappa shape index (κ1) is 13.1. The first-order valence-electron chi connectivity index (χ1n) is 5.52. The lowest BCUT2D eigenvalue weighted by molar-refractivity contribution is 0.885. The summed E-state index contributed by atoms with van der Waals surface area (Å²) in [4.78, 5) is 10.5. The number of nitrogens with zero attached hydrogens (tertiary/aromatic N) is 3. The minimum atomic E-state index is 0.313. The monoisotopic (exact) mass is 281 g/mol. The van der Waals surface area contributed by atoms with Crippen LogP contribution in [0.2, 0.25) is 5.02 Å². The van der Waals surface area contributed by atoms with Crippen LogP contribution in [-0.2, 0) is 12.4 Å². The molecule has 0 spiro atoms. The molecule has 0 aromatic carbocycles. The number of hydrogen-bond donors (Lipinski definition) is 0. The van der Waals surface area contributed by atoms with Crippen LogP contribution in [0.25, 0.3) is 0 Å². The summed E-state index contributed by atoms with van der Waals surface area (Å²) in [6, 6.07) is 7.65. The molecule has 18 heavy (non-hydrogen) atoms. The molecule has 0 fully saturated rings. The van der Waals surface area contributed by atoms with Gasteiger partial charge in [0, 0.05) is 26.0 Å². The van der Waals surface area contributed by atoms with Gasteiger partial charge >= 0.3 is 0 Å². The van der Waals surface area contributed by atoms with Gasteiger partial charge in [-0.05, 0) is 23.8 Å². The van der Waals surface area contributed by atoms with Crippen LogP contribution in [0.3, 0.4) is 0 Å². The Morgan fingerprint density at radius 1 is 1.28 bits per heavy atom. The highest BCUT2D eigenvalue weighted by molar-refractivity contribution is 6.32. The van der Waals surface area contributed by atoms with Gasteiger partial charge in [-0.25, -0.2) is 4.98 Å². The van der Waals surface area contributed by atoms with Gasteiger partial charge in [-0.15, -0.1) is 11.6 Å². The Morgan fingerprint density at radius 2 is 2.11 bits per heavy atom. The summed E-state index contributed by atoms with van der Waals surface area (Å²) in [5.41, 5.74) is 1.83. The molecule has 0 aliphatic rings. The molecule has 0 unspecified atom stereocenters. The van der Waals surface area contributed by atoms with Gasteiger partial charge in [-0.1, -0.05) is 17.7 Å². The molecule has 0 aliphatic heterocycles. The summed E-state index contributed by atoms with van der Waals surface area (Å²) in [6.07, 6.45) is 3.60. The maximum atomic E-state index is 5.99. The number of alkyl halides is 1. The molecule has 5 heteroatoms. The normalized spacial score (nSPS) is 10.4. The van der Waals surface area contributed by atoms with Crippen LogP contribution in [-0.4, -0.2) is 17.0 Å². The van der Waals surface area contributed by atoms with Crippen LogP contribution >= 0.6 is 23.2 Å². The molecule has 2 rings (SSSR count). The van der Waals surface area contributed by atoms with Crippen molar-refractivity contribution in [3.8, 4) is 0 Å². The van der Waals surface area contributed by atoms with Crippen LogP contribution in [0.15, 0.2) is 36.7 Å². The van der Waals surface area contributed by atoms with Gasteiger partial charge in [0.15, 0.2) is 0 Å². The molecule has 0 aliphatic carbocycles. The van der Waals surface area contributed by atoms with E-state index in [1.54, 1.807) is 6.20 Å². The van der Waals surface area contributed by atoms with Gasteiger partial charge in [-0.3, -0.25) is 4.98 Å². The summed E-state index contributed by atoms with van der Waals surface area (Å²) >= 11 is 11.8.